The molecule has 1 aromatic carbocycles. The van der Waals surface area contributed by atoms with Gasteiger partial charge < -0.3 is 10.6 Å². The molecule has 1 unspecified atom stereocenters. The molecular weight excluding hydrogens is 274 g/mol. The summed E-state index contributed by atoms with van der Waals surface area (Å²) in [6.07, 6.45) is 1.21. The smallest absolute Gasteiger partial charge is 0.192 e. The zero-order valence-corrected chi connectivity index (χ0v) is 13.1. The highest BCUT2D eigenvalue weighted by atomic mass is 32.2. The Morgan fingerprint density at radius 2 is 1.85 bits per heavy atom. The van der Waals surface area contributed by atoms with Crippen molar-refractivity contribution >= 4 is 15.8 Å². The molecule has 0 spiro atoms. The van der Waals surface area contributed by atoms with Gasteiger partial charge in [-0.2, -0.15) is 0 Å². The van der Waals surface area contributed by atoms with Gasteiger partial charge in [0.1, 0.15) is 0 Å². The molecule has 2 N–H and O–H groups in total. The first kappa shape index (κ1) is 14.8. The maximum absolute atomic E-state index is 11.5. The van der Waals surface area contributed by atoms with E-state index in [2.05, 4.69) is 30.7 Å². The van der Waals surface area contributed by atoms with Crippen LogP contribution in [0.5, 0.6) is 0 Å². The van der Waals surface area contributed by atoms with E-state index in [4.69, 9.17) is 5.73 Å². The molecule has 20 heavy (non-hydrogen) atoms. The molecule has 0 amide bonds. The van der Waals surface area contributed by atoms with Crippen LogP contribution in [0.3, 0.4) is 0 Å². The summed E-state index contributed by atoms with van der Waals surface area (Å²) in [5.74, 6) is 0.537. The standard InChI is InChI=1S/C14H21N3O2S/c1-10(2)17-13(15)16-9-14(17,3)11-5-7-12(8-6-11)20(4,18)19/h5-8,10H,9H2,1-4H3,(H2,15,16). The fourth-order valence-corrected chi connectivity index (χ4v) is 3.40. The van der Waals surface area contributed by atoms with Crippen LogP contribution in [-0.4, -0.2) is 38.1 Å². The first-order valence-electron chi connectivity index (χ1n) is 6.56. The molecule has 5 nitrogen and oxygen atoms in total. The number of guanidine groups is 1. The molecule has 6 heteroatoms. The number of hydrogen-bond donors (Lipinski definition) is 1. The van der Waals surface area contributed by atoms with Gasteiger partial charge in [0.25, 0.3) is 0 Å². The van der Waals surface area contributed by atoms with Crippen LogP contribution in [0.2, 0.25) is 0 Å². The lowest BCUT2D eigenvalue weighted by atomic mass is 9.90. The third-order valence-corrected chi connectivity index (χ3v) is 4.88. The predicted molar refractivity (Wildman–Crippen MR) is 80.4 cm³/mol. The Morgan fingerprint density at radius 1 is 1.30 bits per heavy atom. The number of benzene rings is 1. The lowest BCUT2D eigenvalue weighted by Gasteiger charge is -2.39. The van der Waals surface area contributed by atoms with Crippen LogP contribution >= 0.6 is 0 Å². The summed E-state index contributed by atoms with van der Waals surface area (Å²) in [5, 5.41) is 0. The highest BCUT2D eigenvalue weighted by molar-refractivity contribution is 7.90. The minimum Gasteiger partial charge on any atom is -0.370 e. The first-order valence-corrected chi connectivity index (χ1v) is 8.45. The summed E-state index contributed by atoms with van der Waals surface area (Å²) in [7, 11) is -3.17. The number of sulfone groups is 1. The molecule has 2 rings (SSSR count). The Morgan fingerprint density at radius 3 is 2.30 bits per heavy atom. The summed E-state index contributed by atoms with van der Waals surface area (Å²) >= 11 is 0. The van der Waals surface area contributed by atoms with Gasteiger partial charge in [-0.15, -0.1) is 0 Å². The summed E-state index contributed by atoms with van der Waals surface area (Å²) < 4.78 is 23.0. The van der Waals surface area contributed by atoms with Crippen LogP contribution in [0.1, 0.15) is 26.3 Å². The quantitative estimate of drug-likeness (QED) is 0.913. The van der Waals surface area contributed by atoms with Crippen molar-refractivity contribution < 1.29 is 8.42 Å². The summed E-state index contributed by atoms with van der Waals surface area (Å²) in [5.41, 5.74) is 6.66. The van der Waals surface area contributed by atoms with Gasteiger partial charge in [0, 0.05) is 12.3 Å². The Hall–Kier alpha value is -1.56. The predicted octanol–water partition coefficient (Wildman–Crippen LogP) is 1.34. The highest BCUT2D eigenvalue weighted by Gasteiger charge is 2.40. The van der Waals surface area contributed by atoms with Gasteiger partial charge in [0.05, 0.1) is 17.0 Å². The van der Waals surface area contributed by atoms with E-state index in [1.807, 2.05) is 12.1 Å². The minimum atomic E-state index is -3.17. The third kappa shape index (κ3) is 2.40. The fourth-order valence-electron chi connectivity index (χ4n) is 2.77. The molecule has 1 aliphatic rings. The van der Waals surface area contributed by atoms with Crippen molar-refractivity contribution in [1.29, 1.82) is 0 Å². The third-order valence-electron chi connectivity index (χ3n) is 3.75. The van der Waals surface area contributed by atoms with E-state index < -0.39 is 9.84 Å². The molecule has 0 saturated carbocycles. The molecule has 0 aliphatic carbocycles. The SMILES string of the molecule is CC(C)N1C(N)=NCC1(C)c1ccc(S(C)(=O)=O)cc1. The minimum absolute atomic E-state index is 0.223. The lowest BCUT2D eigenvalue weighted by Crippen LogP contribution is -2.51. The van der Waals surface area contributed by atoms with Crippen molar-refractivity contribution in [2.75, 3.05) is 12.8 Å². The van der Waals surface area contributed by atoms with Crippen LogP contribution in [0, 0.1) is 0 Å². The van der Waals surface area contributed by atoms with Gasteiger partial charge >= 0.3 is 0 Å². The number of aliphatic imine (C=N–C) groups is 1. The zero-order chi connectivity index (χ0) is 15.1. The second-order valence-electron chi connectivity index (χ2n) is 5.71. The fraction of sp³-hybridized carbons (Fsp3) is 0.500. The van der Waals surface area contributed by atoms with Crippen LogP contribution in [0.4, 0.5) is 0 Å². The zero-order valence-electron chi connectivity index (χ0n) is 12.3. The van der Waals surface area contributed by atoms with Crippen LogP contribution < -0.4 is 5.73 Å². The molecular formula is C14H21N3O2S. The van der Waals surface area contributed by atoms with Crippen LogP contribution in [0.25, 0.3) is 0 Å². The number of nitrogens with zero attached hydrogens (tertiary/aromatic N) is 2. The van der Waals surface area contributed by atoms with Gasteiger partial charge in [0.15, 0.2) is 15.8 Å². The van der Waals surface area contributed by atoms with Crippen LogP contribution in [-0.2, 0) is 15.4 Å². The molecule has 1 atom stereocenters. The number of hydrogen-bond acceptors (Lipinski definition) is 5. The molecule has 1 heterocycles. The van der Waals surface area contributed by atoms with Crippen molar-refractivity contribution in [2.24, 2.45) is 10.7 Å². The molecule has 0 bridgehead atoms. The second kappa shape index (κ2) is 4.77. The van der Waals surface area contributed by atoms with E-state index in [9.17, 15) is 8.42 Å². The maximum atomic E-state index is 11.5. The van der Waals surface area contributed by atoms with E-state index in [1.54, 1.807) is 12.1 Å². The van der Waals surface area contributed by atoms with Crippen molar-refractivity contribution in [3.05, 3.63) is 29.8 Å². The summed E-state index contributed by atoms with van der Waals surface area (Å²) in [6, 6.07) is 7.20. The maximum Gasteiger partial charge on any atom is 0.192 e. The average Bonchev–Trinajstić information content (AvgIpc) is 2.65. The molecule has 0 aromatic heterocycles. The molecule has 1 aliphatic heterocycles. The molecule has 0 fully saturated rings. The topological polar surface area (TPSA) is 75.8 Å². The molecule has 110 valence electrons. The summed E-state index contributed by atoms with van der Waals surface area (Å²) in [4.78, 5) is 6.74. The lowest BCUT2D eigenvalue weighted by molar-refractivity contribution is 0.185. The monoisotopic (exact) mass is 295 g/mol. The highest BCUT2D eigenvalue weighted by Crippen LogP contribution is 2.34. The average molecular weight is 295 g/mol. The van der Waals surface area contributed by atoms with Crippen LogP contribution in [0.15, 0.2) is 34.2 Å². The van der Waals surface area contributed by atoms with Crippen molar-refractivity contribution in [2.45, 2.75) is 37.2 Å². The van der Waals surface area contributed by atoms with Gasteiger partial charge in [-0.1, -0.05) is 12.1 Å². The normalized spacial score (nSPS) is 23.2. The second-order valence-corrected chi connectivity index (χ2v) is 7.72. The Labute approximate surface area is 120 Å². The van der Waals surface area contributed by atoms with E-state index in [1.165, 1.54) is 6.26 Å². The Kier molecular flexibility index (Phi) is 3.54. The van der Waals surface area contributed by atoms with Crippen molar-refractivity contribution in [3.8, 4) is 0 Å². The van der Waals surface area contributed by atoms with Gasteiger partial charge in [-0.25, -0.2) is 8.42 Å². The van der Waals surface area contributed by atoms with E-state index in [0.717, 1.165) is 5.56 Å². The first-order chi connectivity index (χ1) is 9.16. The Balaban J connectivity index is 2.41. The molecule has 0 saturated heterocycles. The van der Waals surface area contributed by atoms with Gasteiger partial charge in [-0.3, -0.25) is 4.99 Å². The van der Waals surface area contributed by atoms with Gasteiger partial charge in [-0.05, 0) is 38.5 Å². The van der Waals surface area contributed by atoms with Crippen molar-refractivity contribution in [1.82, 2.24) is 4.90 Å². The molecule has 1 aromatic rings. The van der Waals surface area contributed by atoms with E-state index in [-0.39, 0.29) is 11.6 Å². The number of rotatable bonds is 3. The van der Waals surface area contributed by atoms with Gasteiger partial charge in [0.2, 0.25) is 0 Å². The van der Waals surface area contributed by atoms with Crippen molar-refractivity contribution in [3.63, 3.8) is 0 Å². The summed E-state index contributed by atoms with van der Waals surface area (Å²) in [6.45, 7) is 6.79. The number of nitrogens with two attached hydrogens (primary N) is 1. The van der Waals surface area contributed by atoms with E-state index >= 15 is 0 Å². The Bertz CT molecular complexity index is 635. The van der Waals surface area contributed by atoms with E-state index in [0.29, 0.717) is 17.4 Å². The molecule has 0 radical (unpaired) electrons. The largest absolute Gasteiger partial charge is 0.370 e.